The number of aldehydes is 1. The number of carbonyl (C=O) groups excluding carboxylic acids is 1. The maximum Gasteiger partial charge on any atom is 0.150 e. The van der Waals surface area contributed by atoms with E-state index in [9.17, 15) is 4.79 Å². The van der Waals surface area contributed by atoms with Crippen molar-refractivity contribution in [2.45, 2.75) is 6.17 Å². The first-order valence-corrected chi connectivity index (χ1v) is 6.27. The van der Waals surface area contributed by atoms with E-state index in [1.54, 1.807) is 12.1 Å². The molecule has 100 valence electrons. The van der Waals surface area contributed by atoms with E-state index in [1.807, 2.05) is 37.5 Å². The molecule has 1 atom stereocenters. The summed E-state index contributed by atoms with van der Waals surface area (Å²) in [4.78, 5) is 12.7. The van der Waals surface area contributed by atoms with Crippen LogP contribution in [0.15, 0.2) is 48.7 Å². The number of rotatable bonds is 6. The minimum absolute atomic E-state index is 0.214. The topological polar surface area (TPSA) is 41.6 Å². The van der Waals surface area contributed by atoms with Crippen molar-refractivity contribution in [1.29, 1.82) is 0 Å². The van der Waals surface area contributed by atoms with Crippen LogP contribution >= 0.6 is 0 Å². The predicted molar refractivity (Wildman–Crippen MR) is 75.2 cm³/mol. The smallest absolute Gasteiger partial charge is 0.150 e. The molecule has 0 fully saturated rings. The highest BCUT2D eigenvalue weighted by atomic mass is 16.5. The van der Waals surface area contributed by atoms with E-state index >= 15 is 0 Å². The summed E-state index contributed by atoms with van der Waals surface area (Å²) in [6.45, 7) is 1.41. The third-order valence-corrected chi connectivity index (χ3v) is 2.97. The lowest BCUT2D eigenvalue weighted by Crippen LogP contribution is -2.42. The standard InChI is InChI=1S/C15H18N2O2/c1-17(15-4-2-3-9-16-15)10-11-19-14-7-5-13(12-18)6-8-14/h2-9,12,15-16H,10-11H2,1H3. The number of nitrogens with one attached hydrogen (secondary N) is 1. The maximum atomic E-state index is 10.5. The second-order valence-electron chi connectivity index (χ2n) is 4.37. The van der Waals surface area contributed by atoms with Crippen LogP contribution < -0.4 is 10.1 Å². The number of nitrogens with zero attached hydrogens (tertiary/aromatic N) is 1. The first-order chi connectivity index (χ1) is 9.29. The molecule has 0 radical (unpaired) electrons. The van der Waals surface area contributed by atoms with Crippen molar-refractivity contribution in [1.82, 2.24) is 10.2 Å². The molecule has 2 rings (SSSR count). The van der Waals surface area contributed by atoms with Crippen LogP contribution in [0.1, 0.15) is 10.4 Å². The second-order valence-corrected chi connectivity index (χ2v) is 4.37. The zero-order valence-electron chi connectivity index (χ0n) is 11.0. The fraction of sp³-hybridized carbons (Fsp3) is 0.267. The van der Waals surface area contributed by atoms with Crippen LogP contribution in [0.25, 0.3) is 0 Å². The molecular formula is C15H18N2O2. The van der Waals surface area contributed by atoms with E-state index in [-0.39, 0.29) is 6.17 Å². The van der Waals surface area contributed by atoms with Gasteiger partial charge in [-0.2, -0.15) is 0 Å². The third kappa shape index (κ3) is 3.96. The summed E-state index contributed by atoms with van der Waals surface area (Å²) in [7, 11) is 2.04. The van der Waals surface area contributed by atoms with E-state index in [1.165, 1.54) is 0 Å². The van der Waals surface area contributed by atoms with Crippen molar-refractivity contribution in [2.75, 3.05) is 20.2 Å². The van der Waals surface area contributed by atoms with Crippen molar-refractivity contribution in [3.05, 3.63) is 54.3 Å². The summed E-state index contributed by atoms with van der Waals surface area (Å²) in [5, 5.41) is 3.25. The number of ether oxygens (including phenoxy) is 1. The number of carbonyl (C=O) groups is 1. The first kappa shape index (κ1) is 13.4. The Morgan fingerprint density at radius 3 is 2.74 bits per heavy atom. The van der Waals surface area contributed by atoms with Crippen molar-refractivity contribution >= 4 is 6.29 Å². The fourth-order valence-electron chi connectivity index (χ4n) is 1.80. The minimum Gasteiger partial charge on any atom is -0.492 e. The number of hydrogen-bond acceptors (Lipinski definition) is 4. The highest BCUT2D eigenvalue weighted by Gasteiger charge is 2.10. The maximum absolute atomic E-state index is 10.5. The number of allylic oxidation sites excluding steroid dienone is 2. The Bertz CT molecular complexity index is 466. The molecule has 1 aromatic rings. The Hall–Kier alpha value is -2.07. The molecule has 0 bridgehead atoms. The number of dihydropyridines is 1. The Morgan fingerprint density at radius 1 is 1.32 bits per heavy atom. The van der Waals surface area contributed by atoms with Crippen molar-refractivity contribution in [3.8, 4) is 5.75 Å². The quantitative estimate of drug-likeness (QED) is 0.790. The fourth-order valence-corrected chi connectivity index (χ4v) is 1.80. The van der Waals surface area contributed by atoms with Crippen LogP contribution in [0.4, 0.5) is 0 Å². The second kappa shape index (κ2) is 6.75. The van der Waals surface area contributed by atoms with Gasteiger partial charge < -0.3 is 10.1 Å². The SMILES string of the molecule is CN(CCOc1ccc(C=O)cc1)C1C=CC=CN1. The average molecular weight is 258 g/mol. The molecule has 19 heavy (non-hydrogen) atoms. The van der Waals surface area contributed by atoms with Gasteiger partial charge >= 0.3 is 0 Å². The molecule has 1 aliphatic heterocycles. The van der Waals surface area contributed by atoms with E-state index < -0.39 is 0 Å². The van der Waals surface area contributed by atoms with Gasteiger partial charge in [-0.1, -0.05) is 6.08 Å². The normalized spacial score (nSPS) is 17.3. The molecule has 0 spiro atoms. The lowest BCUT2D eigenvalue weighted by atomic mass is 10.2. The predicted octanol–water partition coefficient (Wildman–Crippen LogP) is 1.81. The Labute approximate surface area is 113 Å². The van der Waals surface area contributed by atoms with Gasteiger partial charge in [-0.25, -0.2) is 0 Å². The van der Waals surface area contributed by atoms with Gasteiger partial charge in [0, 0.05) is 12.1 Å². The summed E-state index contributed by atoms with van der Waals surface area (Å²) < 4.78 is 5.64. The Morgan fingerprint density at radius 2 is 2.11 bits per heavy atom. The molecule has 0 saturated carbocycles. The van der Waals surface area contributed by atoms with Crippen molar-refractivity contribution in [3.63, 3.8) is 0 Å². The molecular weight excluding hydrogens is 240 g/mol. The van der Waals surface area contributed by atoms with Gasteiger partial charge in [0.05, 0.1) is 6.17 Å². The lowest BCUT2D eigenvalue weighted by molar-refractivity contribution is 0.112. The molecule has 4 heteroatoms. The van der Waals surface area contributed by atoms with Crippen LogP contribution in [0.3, 0.4) is 0 Å². The molecule has 1 unspecified atom stereocenters. The Kier molecular flexibility index (Phi) is 4.75. The molecule has 1 heterocycles. The molecule has 0 aromatic heterocycles. The largest absolute Gasteiger partial charge is 0.492 e. The van der Waals surface area contributed by atoms with E-state index in [2.05, 4.69) is 16.3 Å². The minimum atomic E-state index is 0.214. The molecule has 0 saturated heterocycles. The third-order valence-electron chi connectivity index (χ3n) is 2.97. The molecule has 0 amide bonds. The van der Waals surface area contributed by atoms with Gasteiger partial charge in [0.15, 0.2) is 0 Å². The van der Waals surface area contributed by atoms with Gasteiger partial charge in [-0.15, -0.1) is 0 Å². The zero-order chi connectivity index (χ0) is 13.5. The summed E-state index contributed by atoms with van der Waals surface area (Å²) in [6, 6.07) is 7.13. The number of benzene rings is 1. The summed E-state index contributed by atoms with van der Waals surface area (Å²) in [5.74, 6) is 0.783. The van der Waals surface area contributed by atoms with E-state index in [0.717, 1.165) is 18.6 Å². The van der Waals surface area contributed by atoms with Gasteiger partial charge in [0.1, 0.15) is 18.6 Å². The van der Waals surface area contributed by atoms with Crippen LogP contribution in [0.2, 0.25) is 0 Å². The van der Waals surface area contributed by atoms with Crippen molar-refractivity contribution in [2.24, 2.45) is 0 Å². The molecule has 4 nitrogen and oxygen atoms in total. The Balaban J connectivity index is 1.74. The summed E-state index contributed by atoms with van der Waals surface area (Å²) in [5.41, 5.74) is 0.660. The van der Waals surface area contributed by atoms with Crippen LogP contribution in [-0.2, 0) is 0 Å². The summed E-state index contributed by atoms with van der Waals surface area (Å²) >= 11 is 0. The molecule has 0 aliphatic carbocycles. The number of likely N-dealkylation sites (N-methyl/N-ethyl adjacent to an activating group) is 1. The van der Waals surface area contributed by atoms with Crippen LogP contribution in [0, 0.1) is 0 Å². The molecule has 1 aromatic carbocycles. The van der Waals surface area contributed by atoms with Gasteiger partial charge in [0.25, 0.3) is 0 Å². The zero-order valence-corrected chi connectivity index (χ0v) is 11.0. The van der Waals surface area contributed by atoms with Gasteiger partial charge in [-0.3, -0.25) is 9.69 Å². The van der Waals surface area contributed by atoms with Gasteiger partial charge in [0.2, 0.25) is 0 Å². The number of hydrogen-bond donors (Lipinski definition) is 1. The van der Waals surface area contributed by atoms with Gasteiger partial charge in [-0.05, 0) is 49.7 Å². The molecule has 1 N–H and O–H groups in total. The van der Waals surface area contributed by atoms with E-state index in [4.69, 9.17) is 4.74 Å². The van der Waals surface area contributed by atoms with E-state index in [0.29, 0.717) is 12.2 Å². The molecule has 1 aliphatic rings. The average Bonchev–Trinajstić information content (AvgIpc) is 2.49. The first-order valence-electron chi connectivity index (χ1n) is 6.27. The summed E-state index contributed by atoms with van der Waals surface area (Å²) in [6.07, 6.45) is 9.06. The monoisotopic (exact) mass is 258 g/mol. The van der Waals surface area contributed by atoms with Crippen LogP contribution in [0.5, 0.6) is 5.75 Å². The highest BCUT2D eigenvalue weighted by molar-refractivity contribution is 5.74. The lowest BCUT2D eigenvalue weighted by Gasteiger charge is -2.26. The van der Waals surface area contributed by atoms with Crippen LogP contribution in [-0.4, -0.2) is 37.6 Å². The highest BCUT2D eigenvalue weighted by Crippen LogP contribution is 2.11. The van der Waals surface area contributed by atoms with Crippen molar-refractivity contribution < 1.29 is 9.53 Å².